The number of alkyl halides is 3. The van der Waals surface area contributed by atoms with Gasteiger partial charge in [-0.3, -0.25) is 4.79 Å². The molecule has 3 rings (SSSR count). The van der Waals surface area contributed by atoms with E-state index in [-0.39, 0.29) is 24.5 Å². The molecule has 0 aromatic heterocycles. The lowest BCUT2D eigenvalue weighted by Gasteiger charge is -2.31. The molecule has 1 aliphatic rings. The lowest BCUT2D eigenvalue weighted by atomic mass is 9.98. The number of halogens is 4. The highest BCUT2D eigenvalue weighted by Crippen LogP contribution is 2.30. The second-order valence-electron chi connectivity index (χ2n) is 7.14. The van der Waals surface area contributed by atoms with Crippen LogP contribution in [-0.2, 0) is 26.7 Å². The molecule has 1 N–H and O–H groups in total. The summed E-state index contributed by atoms with van der Waals surface area (Å²) in [5, 5.41) is 2.55. The van der Waals surface area contributed by atoms with Gasteiger partial charge in [0.05, 0.1) is 17.2 Å². The molecule has 0 saturated carbocycles. The van der Waals surface area contributed by atoms with Crippen LogP contribution in [0.25, 0.3) is 0 Å². The van der Waals surface area contributed by atoms with Crippen LogP contribution in [0.1, 0.15) is 24.0 Å². The zero-order valence-electron chi connectivity index (χ0n) is 15.8. The third kappa shape index (κ3) is 5.57. The van der Waals surface area contributed by atoms with Crippen molar-refractivity contribution in [1.29, 1.82) is 0 Å². The largest absolute Gasteiger partial charge is 0.416 e. The molecular formula is C20H20F4N2O3S. The molecule has 2 aromatic carbocycles. The molecule has 0 radical (unpaired) electrons. The summed E-state index contributed by atoms with van der Waals surface area (Å²) in [6.07, 6.45) is -3.52. The number of sulfonamides is 1. The first-order valence-corrected chi connectivity index (χ1v) is 10.9. The minimum absolute atomic E-state index is 0.0179. The predicted octanol–water partition coefficient (Wildman–Crippen LogP) is 4.03. The molecule has 1 saturated heterocycles. The van der Waals surface area contributed by atoms with Crippen LogP contribution in [-0.4, -0.2) is 31.7 Å². The van der Waals surface area contributed by atoms with Crippen LogP contribution in [0.5, 0.6) is 0 Å². The van der Waals surface area contributed by atoms with Crippen LogP contribution in [0, 0.1) is 11.7 Å². The Morgan fingerprint density at radius 3 is 2.30 bits per heavy atom. The van der Waals surface area contributed by atoms with Gasteiger partial charge in [-0.05, 0) is 54.8 Å². The minimum Gasteiger partial charge on any atom is -0.326 e. The monoisotopic (exact) mass is 444 g/mol. The Kier molecular flexibility index (Phi) is 6.47. The summed E-state index contributed by atoms with van der Waals surface area (Å²) in [7, 11) is -3.70. The van der Waals surface area contributed by atoms with E-state index in [4.69, 9.17) is 0 Å². The molecule has 1 heterocycles. The van der Waals surface area contributed by atoms with Gasteiger partial charge in [-0.25, -0.2) is 17.1 Å². The molecule has 5 nitrogen and oxygen atoms in total. The van der Waals surface area contributed by atoms with Crippen molar-refractivity contribution in [2.45, 2.75) is 24.8 Å². The molecule has 10 heteroatoms. The number of hydrogen-bond donors (Lipinski definition) is 1. The number of nitrogens with zero attached hydrogens (tertiary/aromatic N) is 1. The zero-order valence-corrected chi connectivity index (χ0v) is 16.6. The van der Waals surface area contributed by atoms with Gasteiger partial charge in [0.15, 0.2) is 0 Å². The van der Waals surface area contributed by atoms with Gasteiger partial charge in [0, 0.05) is 18.8 Å². The Labute approximate surface area is 171 Å². The van der Waals surface area contributed by atoms with E-state index < -0.39 is 39.4 Å². The predicted molar refractivity (Wildman–Crippen MR) is 103 cm³/mol. The van der Waals surface area contributed by atoms with Gasteiger partial charge < -0.3 is 5.32 Å². The normalized spacial score (nSPS) is 18.2. The van der Waals surface area contributed by atoms with Gasteiger partial charge >= 0.3 is 6.18 Å². The van der Waals surface area contributed by atoms with Crippen LogP contribution in [0.4, 0.5) is 23.2 Å². The molecule has 0 spiro atoms. The Morgan fingerprint density at radius 1 is 1.07 bits per heavy atom. The third-order valence-corrected chi connectivity index (χ3v) is 6.71. The first-order chi connectivity index (χ1) is 14.0. The first-order valence-electron chi connectivity index (χ1n) is 9.25. The number of amides is 1. The smallest absolute Gasteiger partial charge is 0.326 e. The van der Waals surface area contributed by atoms with Crippen LogP contribution >= 0.6 is 0 Å². The third-order valence-electron chi connectivity index (χ3n) is 4.89. The fourth-order valence-corrected chi connectivity index (χ4v) is 4.89. The van der Waals surface area contributed by atoms with Crippen LogP contribution in [0.3, 0.4) is 0 Å². The van der Waals surface area contributed by atoms with E-state index in [0.717, 1.165) is 24.3 Å². The van der Waals surface area contributed by atoms with E-state index in [1.54, 1.807) is 0 Å². The zero-order chi connectivity index (χ0) is 21.9. The van der Waals surface area contributed by atoms with Crippen molar-refractivity contribution in [2.24, 2.45) is 5.92 Å². The molecular weight excluding hydrogens is 424 g/mol. The number of benzene rings is 2. The molecule has 1 fully saturated rings. The fourth-order valence-electron chi connectivity index (χ4n) is 3.28. The highest BCUT2D eigenvalue weighted by Gasteiger charge is 2.33. The molecule has 1 unspecified atom stereocenters. The quantitative estimate of drug-likeness (QED) is 0.709. The fraction of sp³-hybridized carbons (Fsp3) is 0.350. The number of piperidine rings is 1. The number of carbonyl (C=O) groups excluding carboxylic acids is 1. The van der Waals surface area contributed by atoms with E-state index in [0.29, 0.717) is 18.4 Å². The topological polar surface area (TPSA) is 66.5 Å². The maximum atomic E-state index is 13.0. The van der Waals surface area contributed by atoms with Crippen LogP contribution in [0.2, 0.25) is 0 Å². The van der Waals surface area contributed by atoms with E-state index in [1.807, 2.05) is 0 Å². The Morgan fingerprint density at radius 2 is 1.70 bits per heavy atom. The summed E-state index contributed by atoms with van der Waals surface area (Å²) >= 11 is 0. The van der Waals surface area contributed by atoms with Gasteiger partial charge in [-0.15, -0.1) is 0 Å². The van der Waals surface area contributed by atoms with E-state index >= 15 is 0 Å². The van der Waals surface area contributed by atoms with E-state index in [2.05, 4.69) is 5.32 Å². The van der Waals surface area contributed by atoms with Crippen molar-refractivity contribution >= 4 is 21.6 Å². The molecule has 0 bridgehead atoms. The molecule has 1 atom stereocenters. The average Bonchev–Trinajstić information content (AvgIpc) is 2.69. The second kappa shape index (κ2) is 8.73. The molecule has 162 valence electrons. The molecule has 30 heavy (non-hydrogen) atoms. The maximum Gasteiger partial charge on any atom is 0.416 e. The van der Waals surface area contributed by atoms with Crippen molar-refractivity contribution in [1.82, 2.24) is 4.31 Å². The Bertz CT molecular complexity index is 990. The summed E-state index contributed by atoms with van der Waals surface area (Å²) in [5.41, 5.74) is -0.178. The standard InChI is InChI=1S/C20H20F4N2O3S/c21-17-7-3-14(4-8-17)13-30(28,29)26-11-1-2-15(12-26)19(27)25-18-9-5-16(6-10-18)20(22,23)24/h3-10,15H,1-2,11-13H2,(H,25,27). The van der Waals surface area contributed by atoms with Gasteiger partial charge in [0.2, 0.25) is 15.9 Å². The number of hydrogen-bond acceptors (Lipinski definition) is 3. The summed E-state index contributed by atoms with van der Waals surface area (Å²) in [6, 6.07) is 9.21. The highest BCUT2D eigenvalue weighted by atomic mass is 32.2. The van der Waals surface area contributed by atoms with E-state index in [1.165, 1.54) is 28.6 Å². The summed E-state index contributed by atoms with van der Waals surface area (Å²) in [4.78, 5) is 12.5. The SMILES string of the molecule is O=C(Nc1ccc(C(F)(F)F)cc1)C1CCCN(S(=O)(=O)Cc2ccc(F)cc2)C1. The number of rotatable bonds is 5. The van der Waals surface area contributed by atoms with Gasteiger partial charge in [0.25, 0.3) is 0 Å². The van der Waals surface area contributed by atoms with Gasteiger partial charge in [-0.1, -0.05) is 12.1 Å². The van der Waals surface area contributed by atoms with Crippen LogP contribution < -0.4 is 5.32 Å². The van der Waals surface area contributed by atoms with Gasteiger partial charge in [-0.2, -0.15) is 13.2 Å². The molecule has 0 aliphatic carbocycles. The van der Waals surface area contributed by atoms with Crippen molar-refractivity contribution in [3.05, 3.63) is 65.5 Å². The molecule has 1 amide bonds. The Hall–Kier alpha value is -2.46. The van der Waals surface area contributed by atoms with Crippen molar-refractivity contribution in [3.63, 3.8) is 0 Å². The highest BCUT2D eigenvalue weighted by molar-refractivity contribution is 7.88. The van der Waals surface area contributed by atoms with Crippen molar-refractivity contribution < 1.29 is 30.8 Å². The van der Waals surface area contributed by atoms with Crippen molar-refractivity contribution in [2.75, 3.05) is 18.4 Å². The number of nitrogens with one attached hydrogen (secondary N) is 1. The number of anilines is 1. The second-order valence-corrected chi connectivity index (χ2v) is 9.11. The molecule has 1 aliphatic heterocycles. The van der Waals surface area contributed by atoms with Gasteiger partial charge in [0.1, 0.15) is 5.82 Å². The minimum atomic E-state index is -4.47. The van der Waals surface area contributed by atoms with Crippen molar-refractivity contribution in [3.8, 4) is 0 Å². The lowest BCUT2D eigenvalue weighted by molar-refractivity contribution is -0.137. The summed E-state index contributed by atoms with van der Waals surface area (Å²) < 4.78 is 77.5. The first kappa shape index (κ1) is 22.2. The van der Waals surface area contributed by atoms with E-state index in [9.17, 15) is 30.8 Å². The summed E-state index contributed by atoms with van der Waals surface area (Å²) in [6.45, 7) is 0.254. The van der Waals surface area contributed by atoms with Crippen LogP contribution in [0.15, 0.2) is 48.5 Å². The lowest BCUT2D eigenvalue weighted by Crippen LogP contribution is -2.44. The number of carbonyl (C=O) groups is 1. The molecule has 2 aromatic rings. The Balaban J connectivity index is 1.63. The summed E-state index contributed by atoms with van der Waals surface area (Å²) in [5.74, 6) is -1.84. The average molecular weight is 444 g/mol. The maximum absolute atomic E-state index is 13.0.